The number of H-pyrrole nitrogens is 1. The monoisotopic (exact) mass is 379 g/mol. The van der Waals surface area contributed by atoms with Gasteiger partial charge in [-0.1, -0.05) is 0 Å². The summed E-state index contributed by atoms with van der Waals surface area (Å²) >= 11 is 1.44. The van der Waals surface area contributed by atoms with Crippen molar-refractivity contribution in [1.82, 2.24) is 29.7 Å². The number of thiophene rings is 1. The topological polar surface area (TPSA) is 105 Å². The minimum Gasteiger partial charge on any atom is -0.336 e. The first-order valence-electron chi connectivity index (χ1n) is 8.65. The highest BCUT2D eigenvalue weighted by atomic mass is 32.1. The molecule has 0 saturated carbocycles. The van der Waals surface area contributed by atoms with E-state index in [1.165, 1.54) is 11.3 Å². The lowest BCUT2D eigenvalue weighted by molar-refractivity contribution is 0.0795. The zero-order valence-corrected chi connectivity index (χ0v) is 15.2. The summed E-state index contributed by atoms with van der Waals surface area (Å²) in [5, 5.41) is 13.2. The van der Waals surface area contributed by atoms with Gasteiger partial charge in [0.15, 0.2) is 5.65 Å². The first-order chi connectivity index (χ1) is 13.2. The Labute approximate surface area is 158 Å². The van der Waals surface area contributed by atoms with Crippen molar-refractivity contribution < 1.29 is 4.79 Å². The van der Waals surface area contributed by atoms with Crippen molar-refractivity contribution in [1.29, 1.82) is 0 Å². The molecule has 1 atom stereocenters. The minimum absolute atomic E-state index is 0.0471. The van der Waals surface area contributed by atoms with Gasteiger partial charge < -0.3 is 10.6 Å². The summed E-state index contributed by atoms with van der Waals surface area (Å²) in [6.45, 7) is 1.35. The van der Waals surface area contributed by atoms with Crippen LogP contribution in [0.15, 0.2) is 42.4 Å². The number of nitrogens with two attached hydrogens (primary N) is 1. The van der Waals surface area contributed by atoms with E-state index in [1.807, 2.05) is 28.7 Å². The maximum atomic E-state index is 12.7. The molecule has 3 N–H and O–H groups in total. The van der Waals surface area contributed by atoms with Crippen molar-refractivity contribution in [3.05, 3.63) is 47.3 Å². The fourth-order valence-corrected chi connectivity index (χ4v) is 4.23. The van der Waals surface area contributed by atoms with E-state index >= 15 is 0 Å². The summed E-state index contributed by atoms with van der Waals surface area (Å²) in [7, 11) is 0. The molecule has 136 valence electrons. The molecule has 0 spiro atoms. The lowest BCUT2D eigenvalue weighted by Gasteiger charge is -2.14. The third-order valence-corrected chi connectivity index (χ3v) is 5.74. The van der Waals surface area contributed by atoms with Gasteiger partial charge in [-0.2, -0.15) is 10.2 Å². The zero-order chi connectivity index (χ0) is 18.4. The Morgan fingerprint density at radius 3 is 2.96 bits per heavy atom. The first kappa shape index (κ1) is 16.2. The van der Waals surface area contributed by atoms with E-state index in [4.69, 9.17) is 5.73 Å². The summed E-state index contributed by atoms with van der Waals surface area (Å²) < 4.78 is 1.75. The SMILES string of the molecule is NC1CCN(C(=O)c2cc(-c3cnn4cc(-c5cn[nH]c5)cnc34)cs2)C1. The van der Waals surface area contributed by atoms with Gasteiger partial charge in [0.2, 0.25) is 0 Å². The van der Waals surface area contributed by atoms with Crippen molar-refractivity contribution in [2.45, 2.75) is 12.5 Å². The highest BCUT2D eigenvalue weighted by molar-refractivity contribution is 7.12. The van der Waals surface area contributed by atoms with Gasteiger partial charge >= 0.3 is 0 Å². The van der Waals surface area contributed by atoms with Gasteiger partial charge in [0.25, 0.3) is 5.91 Å². The molecule has 8 nitrogen and oxygen atoms in total. The van der Waals surface area contributed by atoms with Crippen molar-refractivity contribution in [2.24, 2.45) is 5.73 Å². The summed E-state index contributed by atoms with van der Waals surface area (Å²) in [5.74, 6) is 0.0471. The smallest absolute Gasteiger partial charge is 0.263 e. The highest BCUT2D eigenvalue weighted by Gasteiger charge is 2.25. The number of amides is 1. The zero-order valence-electron chi connectivity index (χ0n) is 14.4. The number of nitrogens with one attached hydrogen (secondary N) is 1. The molecule has 5 heterocycles. The molecule has 1 aliphatic heterocycles. The number of carbonyl (C=O) groups excluding carboxylic acids is 1. The third kappa shape index (κ3) is 2.81. The molecule has 1 saturated heterocycles. The fraction of sp³-hybridized carbons (Fsp3) is 0.222. The largest absolute Gasteiger partial charge is 0.336 e. The van der Waals surface area contributed by atoms with Gasteiger partial charge in [0, 0.05) is 54.4 Å². The van der Waals surface area contributed by atoms with Gasteiger partial charge in [-0.05, 0) is 23.4 Å². The van der Waals surface area contributed by atoms with Crippen LogP contribution in [-0.2, 0) is 0 Å². The van der Waals surface area contributed by atoms with Gasteiger partial charge in [-0.25, -0.2) is 9.50 Å². The second-order valence-electron chi connectivity index (χ2n) is 6.66. The number of carbonyl (C=O) groups is 1. The molecule has 0 bridgehead atoms. The van der Waals surface area contributed by atoms with Crippen LogP contribution in [0.4, 0.5) is 0 Å². The molecular formula is C18H17N7OS. The minimum atomic E-state index is 0.0471. The van der Waals surface area contributed by atoms with Crippen LogP contribution < -0.4 is 5.73 Å². The van der Waals surface area contributed by atoms with Crippen LogP contribution in [0, 0.1) is 0 Å². The van der Waals surface area contributed by atoms with Crippen LogP contribution in [0.5, 0.6) is 0 Å². The van der Waals surface area contributed by atoms with E-state index in [2.05, 4.69) is 20.3 Å². The molecule has 1 amide bonds. The van der Waals surface area contributed by atoms with E-state index in [0.717, 1.165) is 40.9 Å². The molecule has 9 heteroatoms. The Kier molecular flexibility index (Phi) is 3.76. The lowest BCUT2D eigenvalue weighted by Crippen LogP contribution is -2.31. The van der Waals surface area contributed by atoms with E-state index in [0.29, 0.717) is 11.4 Å². The number of hydrogen-bond acceptors (Lipinski definition) is 6. The molecule has 4 aromatic rings. The van der Waals surface area contributed by atoms with Gasteiger partial charge in [-0.3, -0.25) is 9.89 Å². The predicted octanol–water partition coefficient (Wildman–Crippen LogP) is 2.02. The van der Waals surface area contributed by atoms with E-state index in [1.54, 1.807) is 23.1 Å². The van der Waals surface area contributed by atoms with Crippen molar-refractivity contribution in [3.8, 4) is 22.3 Å². The normalized spacial score (nSPS) is 17.1. The van der Waals surface area contributed by atoms with Crippen LogP contribution in [0.3, 0.4) is 0 Å². The highest BCUT2D eigenvalue weighted by Crippen LogP contribution is 2.30. The number of nitrogens with zero attached hydrogens (tertiary/aromatic N) is 5. The average molecular weight is 379 g/mol. The fourth-order valence-electron chi connectivity index (χ4n) is 3.35. The van der Waals surface area contributed by atoms with Crippen LogP contribution in [0.2, 0.25) is 0 Å². The molecule has 1 unspecified atom stereocenters. The number of hydrogen-bond donors (Lipinski definition) is 2. The maximum Gasteiger partial charge on any atom is 0.263 e. The molecule has 1 aliphatic rings. The number of fused-ring (bicyclic) bond motifs is 1. The molecule has 0 aromatic carbocycles. The Morgan fingerprint density at radius 2 is 2.19 bits per heavy atom. The Bertz CT molecular complexity index is 1110. The summed E-state index contributed by atoms with van der Waals surface area (Å²) in [4.78, 5) is 19.8. The summed E-state index contributed by atoms with van der Waals surface area (Å²) in [6, 6.07) is 2.00. The number of rotatable bonds is 3. The van der Waals surface area contributed by atoms with Crippen molar-refractivity contribution in [2.75, 3.05) is 13.1 Å². The van der Waals surface area contributed by atoms with E-state index < -0.39 is 0 Å². The molecular weight excluding hydrogens is 362 g/mol. The molecule has 1 fully saturated rings. The first-order valence-corrected chi connectivity index (χ1v) is 9.53. The second-order valence-corrected chi connectivity index (χ2v) is 7.57. The Hall–Kier alpha value is -3.04. The average Bonchev–Trinajstić information content (AvgIpc) is 3.45. The summed E-state index contributed by atoms with van der Waals surface area (Å²) in [6.07, 6.45) is 9.92. The Morgan fingerprint density at radius 1 is 1.26 bits per heavy atom. The van der Waals surface area contributed by atoms with Crippen LogP contribution in [0.1, 0.15) is 16.1 Å². The van der Waals surface area contributed by atoms with Crippen LogP contribution >= 0.6 is 11.3 Å². The summed E-state index contributed by atoms with van der Waals surface area (Å²) in [5.41, 5.74) is 10.4. The second kappa shape index (κ2) is 6.29. The number of likely N-dealkylation sites (tertiary alicyclic amines) is 1. The molecule has 27 heavy (non-hydrogen) atoms. The van der Waals surface area contributed by atoms with Gasteiger partial charge in [-0.15, -0.1) is 11.3 Å². The number of aromatic amines is 1. The van der Waals surface area contributed by atoms with Crippen molar-refractivity contribution in [3.63, 3.8) is 0 Å². The molecule has 0 aliphatic carbocycles. The lowest BCUT2D eigenvalue weighted by atomic mass is 10.1. The molecule has 5 rings (SSSR count). The standard InChI is InChI=1S/C18H17N7OS/c19-14-1-2-24(9-14)18(26)16-3-11(10-27-16)15-7-23-25-8-13(4-20-17(15)25)12-5-21-22-6-12/h3-8,10,14H,1-2,9,19H2,(H,21,22). The molecule has 0 radical (unpaired) electrons. The van der Waals surface area contributed by atoms with Crippen LogP contribution in [-0.4, -0.2) is 54.7 Å². The van der Waals surface area contributed by atoms with Crippen LogP contribution in [0.25, 0.3) is 27.9 Å². The van der Waals surface area contributed by atoms with Crippen molar-refractivity contribution >= 4 is 22.9 Å². The molecule has 4 aromatic heterocycles. The number of aromatic nitrogens is 5. The maximum absolute atomic E-state index is 12.7. The van der Waals surface area contributed by atoms with E-state index in [9.17, 15) is 4.79 Å². The van der Waals surface area contributed by atoms with Gasteiger partial charge in [0.1, 0.15) is 0 Å². The predicted molar refractivity (Wildman–Crippen MR) is 102 cm³/mol. The van der Waals surface area contributed by atoms with Gasteiger partial charge in [0.05, 0.1) is 17.3 Å². The quantitative estimate of drug-likeness (QED) is 0.567. The third-order valence-electron chi connectivity index (χ3n) is 4.82. The van der Waals surface area contributed by atoms with E-state index in [-0.39, 0.29) is 11.9 Å². The Balaban J connectivity index is 1.46.